The number of phenolic OH excluding ortho intramolecular Hbond substituents is 1. The van der Waals surface area contributed by atoms with Crippen molar-refractivity contribution in [2.75, 3.05) is 7.11 Å². The number of aromatic hydroxyl groups is 1. The summed E-state index contributed by atoms with van der Waals surface area (Å²) in [5, 5.41) is 16.3. The molecule has 0 saturated heterocycles. The van der Waals surface area contributed by atoms with Crippen molar-refractivity contribution in [3.63, 3.8) is 0 Å². The summed E-state index contributed by atoms with van der Waals surface area (Å²) in [6.07, 6.45) is 1.86. The van der Waals surface area contributed by atoms with Gasteiger partial charge in [-0.3, -0.25) is 0 Å². The first-order valence-corrected chi connectivity index (χ1v) is 11.0. The number of ether oxygens (including phenoxy) is 1. The average molecular weight is 425 g/mol. The van der Waals surface area contributed by atoms with Gasteiger partial charge < -0.3 is 9.84 Å². The lowest BCUT2D eigenvalue weighted by molar-refractivity contribution is 0.303. The minimum absolute atomic E-state index is 0.278. The van der Waals surface area contributed by atoms with E-state index in [0.29, 0.717) is 6.42 Å². The SMILES string of the molecule is COc1ccc2ccc(O)cc2c1.FC1CCCc2c1ccc1c2ccc2ccccc21. The molecule has 1 N–H and O–H groups in total. The van der Waals surface area contributed by atoms with Crippen molar-refractivity contribution in [2.24, 2.45) is 0 Å². The third-order valence-corrected chi connectivity index (χ3v) is 6.33. The molecule has 0 spiro atoms. The van der Waals surface area contributed by atoms with Gasteiger partial charge in [-0.2, -0.15) is 0 Å². The van der Waals surface area contributed by atoms with Gasteiger partial charge in [-0.05, 0) is 87.0 Å². The van der Waals surface area contributed by atoms with Gasteiger partial charge in [-0.25, -0.2) is 4.39 Å². The smallest absolute Gasteiger partial charge is 0.125 e. The summed E-state index contributed by atoms with van der Waals surface area (Å²) in [4.78, 5) is 0. The number of hydrogen-bond acceptors (Lipinski definition) is 2. The van der Waals surface area contributed by atoms with E-state index in [4.69, 9.17) is 4.74 Å². The maximum atomic E-state index is 14.0. The molecule has 1 aliphatic carbocycles. The van der Waals surface area contributed by atoms with Crippen molar-refractivity contribution in [1.29, 1.82) is 0 Å². The molecule has 0 bridgehead atoms. The van der Waals surface area contributed by atoms with Gasteiger partial charge >= 0.3 is 0 Å². The van der Waals surface area contributed by atoms with Crippen LogP contribution in [0.15, 0.2) is 84.9 Å². The maximum Gasteiger partial charge on any atom is 0.125 e. The molecule has 0 heterocycles. The molecule has 5 aromatic rings. The average Bonchev–Trinajstić information content (AvgIpc) is 2.83. The second kappa shape index (κ2) is 8.51. The van der Waals surface area contributed by atoms with Gasteiger partial charge in [-0.1, -0.05) is 60.7 Å². The van der Waals surface area contributed by atoms with Crippen molar-refractivity contribution in [2.45, 2.75) is 25.4 Å². The van der Waals surface area contributed by atoms with Crippen LogP contribution in [0.2, 0.25) is 0 Å². The number of benzene rings is 5. The Hall–Kier alpha value is -3.59. The minimum atomic E-state index is -0.778. The summed E-state index contributed by atoms with van der Waals surface area (Å²) in [7, 11) is 1.63. The van der Waals surface area contributed by atoms with Crippen LogP contribution in [-0.2, 0) is 6.42 Å². The number of aryl methyl sites for hydroxylation is 1. The Morgan fingerprint density at radius 3 is 2.44 bits per heavy atom. The molecule has 0 saturated carbocycles. The van der Waals surface area contributed by atoms with E-state index in [9.17, 15) is 9.50 Å². The van der Waals surface area contributed by atoms with Crippen LogP contribution in [0, 0.1) is 0 Å². The summed E-state index contributed by atoms with van der Waals surface area (Å²) in [6, 6.07) is 27.9. The van der Waals surface area contributed by atoms with Gasteiger partial charge in [0.2, 0.25) is 0 Å². The summed E-state index contributed by atoms with van der Waals surface area (Å²) in [6.45, 7) is 0. The first-order valence-electron chi connectivity index (χ1n) is 11.0. The molecule has 2 nitrogen and oxygen atoms in total. The highest BCUT2D eigenvalue weighted by Crippen LogP contribution is 2.38. The van der Waals surface area contributed by atoms with Crippen LogP contribution in [0.3, 0.4) is 0 Å². The van der Waals surface area contributed by atoms with Crippen molar-refractivity contribution < 1.29 is 14.2 Å². The predicted molar refractivity (Wildman–Crippen MR) is 130 cm³/mol. The van der Waals surface area contributed by atoms with E-state index >= 15 is 0 Å². The Morgan fingerprint density at radius 1 is 0.781 bits per heavy atom. The molecular weight excluding hydrogens is 399 g/mol. The molecule has 1 atom stereocenters. The Morgan fingerprint density at radius 2 is 1.56 bits per heavy atom. The molecule has 160 valence electrons. The Balaban J connectivity index is 0.000000146. The first-order chi connectivity index (χ1) is 15.6. The van der Waals surface area contributed by atoms with Crippen LogP contribution in [0.4, 0.5) is 4.39 Å². The van der Waals surface area contributed by atoms with E-state index in [0.717, 1.165) is 34.9 Å². The Bertz CT molecular complexity index is 1420. The monoisotopic (exact) mass is 424 g/mol. The molecule has 6 rings (SSSR count). The highest BCUT2D eigenvalue weighted by Gasteiger charge is 2.21. The molecule has 0 aromatic heterocycles. The first kappa shape index (κ1) is 20.3. The second-order valence-electron chi connectivity index (χ2n) is 8.27. The topological polar surface area (TPSA) is 29.5 Å². The molecule has 0 fully saturated rings. The van der Waals surface area contributed by atoms with Crippen LogP contribution in [-0.4, -0.2) is 12.2 Å². The minimum Gasteiger partial charge on any atom is -0.508 e. The Labute approximate surface area is 186 Å². The summed E-state index contributed by atoms with van der Waals surface area (Å²) >= 11 is 0. The summed E-state index contributed by atoms with van der Waals surface area (Å²) in [5.41, 5.74) is 2.14. The molecule has 3 heteroatoms. The van der Waals surface area contributed by atoms with Crippen molar-refractivity contribution >= 4 is 32.3 Å². The van der Waals surface area contributed by atoms with Crippen molar-refractivity contribution in [3.8, 4) is 11.5 Å². The van der Waals surface area contributed by atoms with E-state index in [1.165, 1.54) is 27.1 Å². The third-order valence-electron chi connectivity index (χ3n) is 6.33. The standard InChI is InChI=1S/C18H15F.C11H10O2/c19-18-7-3-6-14-16-9-8-12-4-1-2-5-13(12)15(16)10-11-17(14)18;1-13-11-5-3-8-2-4-10(12)6-9(8)7-11/h1-2,4-5,8-11,18H,3,6-7H2;2-7,12H,1H3. The lowest BCUT2D eigenvalue weighted by atomic mass is 9.85. The van der Waals surface area contributed by atoms with Crippen LogP contribution in [0.25, 0.3) is 32.3 Å². The van der Waals surface area contributed by atoms with Crippen molar-refractivity contribution in [3.05, 3.63) is 96.1 Å². The third kappa shape index (κ3) is 3.75. The van der Waals surface area contributed by atoms with E-state index in [2.05, 4.69) is 42.5 Å². The number of rotatable bonds is 1. The second-order valence-corrected chi connectivity index (χ2v) is 8.27. The van der Waals surface area contributed by atoms with Gasteiger partial charge in [0.15, 0.2) is 0 Å². The number of fused-ring (bicyclic) bond motifs is 6. The quantitative estimate of drug-likeness (QED) is 0.277. The van der Waals surface area contributed by atoms with Gasteiger partial charge in [0.1, 0.15) is 17.7 Å². The fourth-order valence-corrected chi connectivity index (χ4v) is 4.69. The number of alkyl halides is 1. The van der Waals surface area contributed by atoms with E-state index in [-0.39, 0.29) is 5.75 Å². The molecule has 1 unspecified atom stereocenters. The van der Waals surface area contributed by atoms with Crippen LogP contribution in [0.1, 0.15) is 30.1 Å². The molecule has 5 aromatic carbocycles. The molecule has 32 heavy (non-hydrogen) atoms. The van der Waals surface area contributed by atoms with Gasteiger partial charge in [-0.15, -0.1) is 0 Å². The lowest BCUT2D eigenvalue weighted by Gasteiger charge is -2.21. The van der Waals surface area contributed by atoms with Gasteiger partial charge in [0.25, 0.3) is 0 Å². The lowest BCUT2D eigenvalue weighted by Crippen LogP contribution is -2.06. The van der Waals surface area contributed by atoms with Crippen molar-refractivity contribution in [1.82, 2.24) is 0 Å². The normalized spacial score (nSPS) is 15.2. The van der Waals surface area contributed by atoms with Crippen LogP contribution in [0.5, 0.6) is 11.5 Å². The van der Waals surface area contributed by atoms with Gasteiger partial charge in [0, 0.05) is 0 Å². The molecule has 0 aliphatic heterocycles. The maximum absolute atomic E-state index is 14.0. The summed E-state index contributed by atoms with van der Waals surface area (Å²) in [5.74, 6) is 1.08. The Kier molecular flexibility index (Phi) is 5.40. The highest BCUT2D eigenvalue weighted by atomic mass is 19.1. The fraction of sp³-hybridized carbons (Fsp3) is 0.172. The zero-order valence-corrected chi connectivity index (χ0v) is 18.0. The largest absolute Gasteiger partial charge is 0.508 e. The molecule has 0 radical (unpaired) electrons. The van der Waals surface area contributed by atoms with E-state index < -0.39 is 6.17 Å². The summed E-state index contributed by atoms with van der Waals surface area (Å²) < 4.78 is 19.1. The highest BCUT2D eigenvalue weighted by molar-refractivity contribution is 6.08. The zero-order chi connectivity index (χ0) is 22.1. The fourth-order valence-electron chi connectivity index (χ4n) is 4.69. The molecule has 0 amide bonds. The van der Waals surface area contributed by atoms with E-state index in [1.807, 2.05) is 30.3 Å². The van der Waals surface area contributed by atoms with Crippen LogP contribution >= 0.6 is 0 Å². The number of halogens is 1. The number of hydrogen-bond donors (Lipinski definition) is 1. The van der Waals surface area contributed by atoms with Gasteiger partial charge in [0.05, 0.1) is 7.11 Å². The molecular formula is C29H25FO2. The van der Waals surface area contributed by atoms with E-state index in [1.54, 1.807) is 19.2 Å². The molecule has 1 aliphatic rings. The zero-order valence-electron chi connectivity index (χ0n) is 18.0. The number of phenols is 1. The van der Waals surface area contributed by atoms with Crippen LogP contribution < -0.4 is 4.74 Å². The number of methoxy groups -OCH3 is 1. The predicted octanol–water partition coefficient (Wildman–Crippen LogP) is 7.89.